The van der Waals surface area contributed by atoms with Gasteiger partial charge >= 0.3 is 0 Å². The molecule has 3 aromatic rings. The molecule has 0 aliphatic rings. The fourth-order valence-electron chi connectivity index (χ4n) is 2.94. The van der Waals surface area contributed by atoms with E-state index >= 15 is 0 Å². The molecule has 0 aliphatic carbocycles. The Hall–Kier alpha value is -3.33. The zero-order valence-electron chi connectivity index (χ0n) is 14.3. The molecule has 1 unspecified atom stereocenters. The molecule has 0 aliphatic heterocycles. The quantitative estimate of drug-likeness (QED) is 0.793. The van der Waals surface area contributed by atoms with Gasteiger partial charge in [0.05, 0.1) is 29.1 Å². The van der Waals surface area contributed by atoms with Crippen LogP contribution in [0.2, 0.25) is 0 Å². The molecule has 0 fully saturated rings. The van der Waals surface area contributed by atoms with Crippen molar-refractivity contribution in [1.82, 2.24) is 9.72 Å². The number of rotatable bonds is 3. The van der Waals surface area contributed by atoms with E-state index in [4.69, 9.17) is 15.5 Å². The van der Waals surface area contributed by atoms with Crippen LogP contribution in [0.4, 0.5) is 5.69 Å². The zero-order valence-corrected chi connectivity index (χ0v) is 14.3. The van der Waals surface area contributed by atoms with Crippen LogP contribution < -0.4 is 11.3 Å². The molecule has 0 amide bonds. The second-order valence-electron chi connectivity index (χ2n) is 6.01. The summed E-state index contributed by atoms with van der Waals surface area (Å²) in [5.41, 5.74) is 9.73. The van der Waals surface area contributed by atoms with Crippen molar-refractivity contribution in [2.24, 2.45) is 0 Å². The normalized spacial score (nSPS) is 11.9. The Bertz CT molecular complexity index is 1000. The van der Waals surface area contributed by atoms with Gasteiger partial charge in [-0.1, -0.05) is 17.3 Å². The first kappa shape index (κ1) is 16.5. The Kier molecular flexibility index (Phi) is 4.15. The molecule has 0 spiro atoms. The Morgan fingerprint density at radius 1 is 1.28 bits per heavy atom. The summed E-state index contributed by atoms with van der Waals surface area (Å²) in [5.74, 6) is 0.674. The highest BCUT2D eigenvalue weighted by Gasteiger charge is 2.17. The highest BCUT2D eigenvalue weighted by molar-refractivity contribution is 5.69. The molecule has 2 aromatic heterocycles. The minimum absolute atomic E-state index is 0.165. The third kappa shape index (κ3) is 2.92. The summed E-state index contributed by atoms with van der Waals surface area (Å²) >= 11 is 0. The molecule has 126 valence electrons. The number of anilines is 1. The van der Waals surface area contributed by atoms with Gasteiger partial charge < -0.3 is 14.8 Å². The minimum Gasteiger partial charge on any atom is -0.394 e. The predicted molar refractivity (Wildman–Crippen MR) is 95.1 cm³/mol. The molecule has 25 heavy (non-hydrogen) atoms. The largest absolute Gasteiger partial charge is 0.394 e. The van der Waals surface area contributed by atoms with E-state index < -0.39 is 0 Å². The lowest BCUT2D eigenvalue weighted by atomic mass is 10.0. The molecule has 6 nitrogen and oxygen atoms in total. The number of aromatic nitrogens is 2. The summed E-state index contributed by atoms with van der Waals surface area (Å²) in [7, 11) is 0. The molecule has 0 saturated carbocycles. The van der Waals surface area contributed by atoms with Crippen molar-refractivity contribution in [2.75, 3.05) is 5.73 Å². The molecule has 1 aromatic carbocycles. The number of hydrogen-bond acceptors (Lipinski definition) is 5. The number of benzene rings is 1. The molecule has 1 atom stereocenters. The van der Waals surface area contributed by atoms with Crippen LogP contribution >= 0.6 is 0 Å². The van der Waals surface area contributed by atoms with Crippen LogP contribution in [-0.4, -0.2) is 9.72 Å². The lowest BCUT2D eigenvalue weighted by Crippen LogP contribution is -2.26. The van der Waals surface area contributed by atoms with E-state index in [1.54, 1.807) is 29.0 Å². The fraction of sp³-hybridized carbons (Fsp3) is 0.211. The van der Waals surface area contributed by atoms with Gasteiger partial charge in [0.1, 0.15) is 5.76 Å². The summed E-state index contributed by atoms with van der Waals surface area (Å²) in [4.78, 5) is 12.5. The van der Waals surface area contributed by atoms with Crippen LogP contribution in [0.3, 0.4) is 0 Å². The zero-order chi connectivity index (χ0) is 18.1. The average Bonchev–Trinajstić information content (AvgIpc) is 2.95. The molecular weight excluding hydrogens is 316 g/mol. The van der Waals surface area contributed by atoms with Gasteiger partial charge in [-0.25, -0.2) is 0 Å². The highest BCUT2D eigenvalue weighted by atomic mass is 16.5. The van der Waals surface area contributed by atoms with E-state index in [0.717, 1.165) is 22.4 Å². The fourth-order valence-corrected chi connectivity index (χ4v) is 2.94. The molecule has 0 saturated heterocycles. The van der Waals surface area contributed by atoms with Gasteiger partial charge in [0.25, 0.3) is 5.56 Å². The maximum absolute atomic E-state index is 12.5. The van der Waals surface area contributed by atoms with Crippen molar-refractivity contribution < 1.29 is 4.52 Å². The van der Waals surface area contributed by atoms with E-state index in [2.05, 4.69) is 11.2 Å². The van der Waals surface area contributed by atoms with Crippen LogP contribution in [0.1, 0.15) is 35.5 Å². The number of nitrogen functional groups attached to an aromatic ring is 1. The third-order valence-corrected chi connectivity index (χ3v) is 4.33. The number of nitriles is 1. The van der Waals surface area contributed by atoms with E-state index in [9.17, 15) is 4.79 Å². The molecular formula is C19H18N4O2. The predicted octanol–water partition coefficient (Wildman–Crippen LogP) is 3.18. The maximum atomic E-state index is 12.5. The molecule has 2 heterocycles. The van der Waals surface area contributed by atoms with Crippen molar-refractivity contribution in [2.45, 2.75) is 26.8 Å². The van der Waals surface area contributed by atoms with E-state index in [1.165, 1.54) is 0 Å². The van der Waals surface area contributed by atoms with Crippen molar-refractivity contribution in [3.05, 3.63) is 69.5 Å². The summed E-state index contributed by atoms with van der Waals surface area (Å²) in [6, 6.07) is 10.7. The van der Waals surface area contributed by atoms with Gasteiger partial charge in [-0.15, -0.1) is 0 Å². The summed E-state index contributed by atoms with van der Waals surface area (Å²) in [6.07, 6.45) is 1.77. The second kappa shape index (κ2) is 6.29. The number of hydrogen-bond donors (Lipinski definition) is 1. The van der Waals surface area contributed by atoms with Crippen LogP contribution in [0, 0.1) is 25.2 Å². The molecule has 0 bridgehead atoms. The Balaban J connectivity index is 2.12. The van der Waals surface area contributed by atoms with Crippen LogP contribution in [0.5, 0.6) is 0 Å². The van der Waals surface area contributed by atoms with Crippen LogP contribution in [0.25, 0.3) is 11.1 Å². The first-order valence-electron chi connectivity index (χ1n) is 7.87. The van der Waals surface area contributed by atoms with Crippen LogP contribution in [0.15, 0.2) is 45.8 Å². The molecule has 0 radical (unpaired) electrons. The summed E-state index contributed by atoms with van der Waals surface area (Å²) in [6.45, 7) is 5.59. The van der Waals surface area contributed by atoms with Crippen molar-refractivity contribution in [1.29, 1.82) is 5.26 Å². The average molecular weight is 334 g/mol. The van der Waals surface area contributed by atoms with E-state index in [1.807, 2.05) is 32.9 Å². The molecule has 2 N–H and O–H groups in total. The maximum Gasteiger partial charge on any atom is 0.274 e. The number of nitrogens with two attached hydrogens (primary N) is 1. The standard InChI is InChI=1S/C19H18N4O2/c1-11-18(13(3)25-22-11)16-8-17(21)19(24)23(10-16)12(2)15-6-4-14(9-20)5-7-15/h4-8,10,12H,21H2,1-3H3. The Morgan fingerprint density at radius 2 is 1.96 bits per heavy atom. The van der Waals surface area contributed by atoms with Gasteiger partial charge in [-0.3, -0.25) is 4.79 Å². The van der Waals surface area contributed by atoms with Gasteiger partial charge in [0, 0.05) is 17.3 Å². The van der Waals surface area contributed by atoms with Crippen molar-refractivity contribution >= 4 is 5.69 Å². The number of aryl methyl sites for hydroxylation is 2. The van der Waals surface area contributed by atoms with Gasteiger partial charge in [-0.2, -0.15) is 5.26 Å². The van der Waals surface area contributed by atoms with Gasteiger partial charge in [0.15, 0.2) is 0 Å². The molecule has 6 heteroatoms. The smallest absolute Gasteiger partial charge is 0.274 e. The first-order chi connectivity index (χ1) is 11.9. The highest BCUT2D eigenvalue weighted by Crippen LogP contribution is 2.28. The summed E-state index contributed by atoms with van der Waals surface area (Å²) in [5, 5.41) is 12.9. The first-order valence-corrected chi connectivity index (χ1v) is 7.87. The van der Waals surface area contributed by atoms with E-state index in [0.29, 0.717) is 11.3 Å². The monoisotopic (exact) mass is 334 g/mol. The molecule has 3 rings (SSSR count). The number of nitrogens with zero attached hydrogens (tertiary/aromatic N) is 3. The van der Waals surface area contributed by atoms with Gasteiger partial charge in [0.2, 0.25) is 0 Å². The lowest BCUT2D eigenvalue weighted by molar-refractivity contribution is 0.393. The van der Waals surface area contributed by atoms with Crippen molar-refractivity contribution in [3.8, 4) is 17.2 Å². The third-order valence-electron chi connectivity index (χ3n) is 4.33. The SMILES string of the molecule is Cc1noc(C)c1-c1cc(N)c(=O)n(C(C)c2ccc(C#N)cc2)c1. The minimum atomic E-state index is -0.257. The Morgan fingerprint density at radius 3 is 2.52 bits per heavy atom. The van der Waals surface area contributed by atoms with E-state index in [-0.39, 0.29) is 17.3 Å². The second-order valence-corrected chi connectivity index (χ2v) is 6.01. The van der Waals surface area contributed by atoms with Gasteiger partial charge in [-0.05, 0) is 44.5 Å². The Labute approximate surface area is 145 Å². The van der Waals surface area contributed by atoms with Crippen molar-refractivity contribution in [3.63, 3.8) is 0 Å². The van der Waals surface area contributed by atoms with Crippen LogP contribution in [-0.2, 0) is 0 Å². The topological polar surface area (TPSA) is 97.8 Å². The number of pyridine rings is 1. The summed E-state index contributed by atoms with van der Waals surface area (Å²) < 4.78 is 6.82. The lowest BCUT2D eigenvalue weighted by Gasteiger charge is -2.18.